The topological polar surface area (TPSA) is 74.6 Å². The summed E-state index contributed by atoms with van der Waals surface area (Å²) in [5, 5.41) is 18.1. The summed E-state index contributed by atoms with van der Waals surface area (Å²) < 4.78 is 0. The maximum Gasteiger partial charge on any atom is 0.303 e. The molecule has 0 atom stereocenters. The summed E-state index contributed by atoms with van der Waals surface area (Å²) in [4.78, 5) is 22.0. The minimum atomic E-state index is -0.751. The van der Waals surface area contributed by atoms with Crippen molar-refractivity contribution in [3.63, 3.8) is 0 Å². The number of hydrogen-bond acceptors (Lipinski definition) is 2. The van der Waals surface area contributed by atoms with Gasteiger partial charge in [0.25, 0.3) is 0 Å². The zero-order chi connectivity index (χ0) is 21.0. The van der Waals surface area contributed by atoms with Crippen LogP contribution in [0.1, 0.15) is 73.6 Å². The molecule has 1 aliphatic rings. The Morgan fingerprint density at radius 1 is 0.724 bits per heavy atom. The number of carboxylic acids is 2. The van der Waals surface area contributed by atoms with E-state index in [0.717, 1.165) is 25.7 Å². The van der Waals surface area contributed by atoms with Gasteiger partial charge in [-0.05, 0) is 61.8 Å². The van der Waals surface area contributed by atoms with Crippen molar-refractivity contribution in [2.24, 2.45) is 0 Å². The van der Waals surface area contributed by atoms with Crippen molar-refractivity contribution in [1.29, 1.82) is 0 Å². The van der Waals surface area contributed by atoms with E-state index in [4.69, 9.17) is 10.2 Å². The van der Waals surface area contributed by atoms with Gasteiger partial charge in [0.15, 0.2) is 0 Å². The van der Waals surface area contributed by atoms with E-state index < -0.39 is 11.9 Å². The first-order valence-electron chi connectivity index (χ1n) is 10.5. The van der Waals surface area contributed by atoms with Crippen molar-refractivity contribution in [2.75, 3.05) is 0 Å². The lowest BCUT2D eigenvalue weighted by atomic mass is 9.70. The molecule has 0 spiro atoms. The average molecular weight is 395 g/mol. The van der Waals surface area contributed by atoms with Crippen molar-refractivity contribution < 1.29 is 19.8 Å². The number of aryl methyl sites for hydroxylation is 2. The molecule has 2 aromatic rings. The molecular weight excluding hydrogens is 364 g/mol. The first kappa shape index (κ1) is 21.1. The fourth-order valence-electron chi connectivity index (χ4n) is 4.79. The minimum Gasteiger partial charge on any atom is -0.481 e. The Labute approximate surface area is 172 Å². The molecule has 0 bridgehead atoms. The number of unbranched alkanes of at least 4 members (excludes halogenated alkanes) is 2. The summed E-state index contributed by atoms with van der Waals surface area (Å²) in [7, 11) is 0. The second-order valence-corrected chi connectivity index (χ2v) is 8.38. The van der Waals surface area contributed by atoms with E-state index in [9.17, 15) is 9.59 Å². The Morgan fingerprint density at radius 2 is 1.14 bits per heavy atom. The summed E-state index contributed by atoms with van der Waals surface area (Å²) in [5.74, 6) is -1.50. The van der Waals surface area contributed by atoms with Crippen molar-refractivity contribution in [3.05, 3.63) is 58.7 Å². The Morgan fingerprint density at radius 3 is 1.52 bits per heavy atom. The van der Waals surface area contributed by atoms with Gasteiger partial charge in [-0.15, -0.1) is 0 Å². The molecule has 29 heavy (non-hydrogen) atoms. The fourth-order valence-corrected chi connectivity index (χ4v) is 4.79. The molecule has 0 radical (unpaired) electrons. The Kier molecular flexibility index (Phi) is 6.41. The van der Waals surface area contributed by atoms with E-state index in [2.05, 4.69) is 50.2 Å². The lowest BCUT2D eigenvalue weighted by Gasteiger charge is -2.33. The summed E-state index contributed by atoms with van der Waals surface area (Å²) in [6, 6.07) is 13.3. The quantitative estimate of drug-likeness (QED) is 0.495. The van der Waals surface area contributed by atoms with Crippen LogP contribution in [0.3, 0.4) is 0 Å². The molecule has 2 N–H and O–H groups in total. The lowest BCUT2D eigenvalue weighted by Crippen LogP contribution is -2.26. The Bertz CT molecular complexity index is 838. The Hall–Kier alpha value is -2.62. The second kappa shape index (κ2) is 8.81. The summed E-state index contributed by atoms with van der Waals surface area (Å²) >= 11 is 0. The summed E-state index contributed by atoms with van der Waals surface area (Å²) in [6.07, 6.45) is 5.16. The molecule has 0 aliphatic heterocycles. The van der Waals surface area contributed by atoms with E-state index in [1.54, 1.807) is 0 Å². The van der Waals surface area contributed by atoms with E-state index in [1.165, 1.54) is 33.4 Å². The molecule has 0 unspecified atom stereocenters. The van der Waals surface area contributed by atoms with Gasteiger partial charge in [-0.2, -0.15) is 0 Å². The molecule has 4 heteroatoms. The van der Waals surface area contributed by atoms with Crippen molar-refractivity contribution >= 4 is 11.9 Å². The number of fused-ring (bicyclic) bond motifs is 3. The number of rotatable bonds is 10. The number of carboxylic acid groups (broad SMARTS) is 2. The first-order valence-corrected chi connectivity index (χ1v) is 10.5. The van der Waals surface area contributed by atoms with Crippen molar-refractivity contribution in [3.8, 4) is 11.1 Å². The van der Waals surface area contributed by atoms with Crippen LogP contribution in [0.5, 0.6) is 0 Å². The molecule has 0 saturated heterocycles. The third-order valence-corrected chi connectivity index (χ3v) is 6.16. The first-order chi connectivity index (χ1) is 13.8. The van der Waals surface area contributed by atoms with Crippen LogP contribution in [-0.4, -0.2) is 22.2 Å². The zero-order valence-electron chi connectivity index (χ0n) is 17.3. The van der Waals surface area contributed by atoms with Crippen LogP contribution in [0.15, 0.2) is 36.4 Å². The van der Waals surface area contributed by atoms with Gasteiger partial charge in [-0.1, -0.05) is 60.4 Å². The molecule has 0 saturated carbocycles. The third-order valence-electron chi connectivity index (χ3n) is 6.16. The van der Waals surface area contributed by atoms with Crippen LogP contribution in [0.2, 0.25) is 0 Å². The summed E-state index contributed by atoms with van der Waals surface area (Å²) in [6.45, 7) is 4.21. The normalized spacial score (nSPS) is 13.7. The van der Waals surface area contributed by atoms with E-state index in [1.807, 2.05) is 0 Å². The van der Waals surface area contributed by atoms with Crippen LogP contribution in [0, 0.1) is 13.8 Å². The smallest absolute Gasteiger partial charge is 0.303 e. The molecule has 0 heterocycles. The maximum atomic E-state index is 11.0. The molecule has 154 valence electrons. The molecule has 3 rings (SSSR count). The van der Waals surface area contributed by atoms with Crippen molar-refractivity contribution in [1.82, 2.24) is 0 Å². The van der Waals surface area contributed by atoms with Crippen LogP contribution >= 0.6 is 0 Å². The minimum absolute atomic E-state index is 0.167. The third kappa shape index (κ3) is 4.52. The van der Waals surface area contributed by atoms with Gasteiger partial charge in [0.05, 0.1) is 0 Å². The number of benzene rings is 2. The molecule has 0 aromatic heterocycles. The predicted octanol–water partition coefficient (Wildman–Crippen LogP) is 5.86. The average Bonchev–Trinajstić information content (AvgIpc) is 2.91. The van der Waals surface area contributed by atoms with Gasteiger partial charge >= 0.3 is 11.9 Å². The summed E-state index contributed by atoms with van der Waals surface area (Å²) in [5.41, 5.74) is 7.44. The monoisotopic (exact) mass is 394 g/mol. The number of carbonyl (C=O) groups is 2. The van der Waals surface area contributed by atoms with Gasteiger partial charge in [0.2, 0.25) is 0 Å². The fraction of sp³-hybridized carbons (Fsp3) is 0.440. The van der Waals surface area contributed by atoms with Crippen LogP contribution < -0.4 is 0 Å². The van der Waals surface area contributed by atoms with E-state index in [-0.39, 0.29) is 18.3 Å². The second-order valence-electron chi connectivity index (χ2n) is 8.38. The van der Waals surface area contributed by atoms with Gasteiger partial charge in [-0.25, -0.2) is 0 Å². The highest BCUT2D eigenvalue weighted by molar-refractivity contribution is 5.81. The van der Waals surface area contributed by atoms with Crippen LogP contribution in [0.25, 0.3) is 11.1 Å². The number of hydrogen-bond donors (Lipinski definition) is 2. The molecule has 0 fully saturated rings. The molecule has 4 nitrogen and oxygen atoms in total. The lowest BCUT2D eigenvalue weighted by molar-refractivity contribution is -0.138. The highest BCUT2D eigenvalue weighted by Gasteiger charge is 2.42. The maximum absolute atomic E-state index is 11.0. The molecule has 1 aliphatic carbocycles. The molecular formula is C25H30O4. The highest BCUT2D eigenvalue weighted by atomic mass is 16.4. The van der Waals surface area contributed by atoms with Crippen LogP contribution in [-0.2, 0) is 15.0 Å². The standard InChI is InChI=1S/C25H30O4/c1-17-9-11-19-20-12-10-18(2)16-22(20)25(21(19)15-17,13-5-3-7-23(26)27)14-6-4-8-24(28)29/h9-12,15-16H,3-8,13-14H2,1-2H3,(H,26,27)(H,28,29). The van der Waals surface area contributed by atoms with Gasteiger partial charge in [-0.3, -0.25) is 9.59 Å². The SMILES string of the molecule is Cc1ccc2c(c1)C(CCCCC(=O)O)(CCCCC(=O)O)c1cc(C)ccc1-2. The van der Waals surface area contributed by atoms with E-state index >= 15 is 0 Å². The van der Waals surface area contributed by atoms with Gasteiger partial charge in [0, 0.05) is 18.3 Å². The highest BCUT2D eigenvalue weighted by Crippen LogP contribution is 2.54. The molecule has 2 aromatic carbocycles. The van der Waals surface area contributed by atoms with Crippen molar-refractivity contribution in [2.45, 2.75) is 70.6 Å². The predicted molar refractivity (Wildman–Crippen MR) is 114 cm³/mol. The van der Waals surface area contributed by atoms with Crippen LogP contribution in [0.4, 0.5) is 0 Å². The largest absolute Gasteiger partial charge is 0.481 e. The zero-order valence-corrected chi connectivity index (χ0v) is 17.3. The molecule has 0 amide bonds. The number of aliphatic carboxylic acids is 2. The van der Waals surface area contributed by atoms with Gasteiger partial charge in [0.1, 0.15) is 0 Å². The van der Waals surface area contributed by atoms with E-state index in [0.29, 0.717) is 12.8 Å². The van der Waals surface area contributed by atoms with Gasteiger partial charge < -0.3 is 10.2 Å². The Balaban J connectivity index is 2.00.